The van der Waals surface area contributed by atoms with Crippen molar-refractivity contribution >= 4 is 11.9 Å². The van der Waals surface area contributed by atoms with Crippen LogP contribution in [0.1, 0.15) is 57.4 Å². The molecule has 2 saturated carbocycles. The van der Waals surface area contributed by atoms with Crippen LogP contribution in [0, 0.1) is 11.8 Å². The van der Waals surface area contributed by atoms with Gasteiger partial charge in [-0.05, 0) is 49.0 Å². The molecule has 0 aromatic heterocycles. The number of nitrogens with zero attached hydrogens (tertiary/aromatic N) is 1. The van der Waals surface area contributed by atoms with Gasteiger partial charge < -0.3 is 10.4 Å². The summed E-state index contributed by atoms with van der Waals surface area (Å²) < 4.78 is 0. The molecule has 0 radical (unpaired) electrons. The molecular formula is C22H32N2O3. The summed E-state index contributed by atoms with van der Waals surface area (Å²) in [5.74, 6) is 0.645. The maximum atomic E-state index is 12.6. The molecule has 5 nitrogen and oxygen atoms in total. The number of rotatable bonds is 10. The third kappa shape index (κ3) is 5.80. The fourth-order valence-corrected chi connectivity index (χ4v) is 4.08. The average Bonchev–Trinajstić information content (AvgIpc) is 3.39. The largest absolute Gasteiger partial charge is 0.480 e. The van der Waals surface area contributed by atoms with Crippen LogP contribution in [0.3, 0.4) is 0 Å². The minimum absolute atomic E-state index is 0.105. The van der Waals surface area contributed by atoms with Crippen LogP contribution in [0.5, 0.6) is 0 Å². The number of nitrogens with one attached hydrogen (secondary N) is 1. The lowest BCUT2D eigenvalue weighted by atomic mass is 9.83. The molecule has 2 aliphatic carbocycles. The Labute approximate surface area is 162 Å². The van der Waals surface area contributed by atoms with E-state index in [9.17, 15) is 9.59 Å². The first kappa shape index (κ1) is 19.9. The van der Waals surface area contributed by atoms with Crippen LogP contribution in [0.15, 0.2) is 30.3 Å². The zero-order valence-corrected chi connectivity index (χ0v) is 16.4. The number of hydrogen-bond acceptors (Lipinski definition) is 3. The molecule has 3 rings (SSSR count). The number of carboxylic acid groups (broad SMARTS) is 1. The lowest BCUT2D eigenvalue weighted by Crippen LogP contribution is -2.55. The van der Waals surface area contributed by atoms with Crippen molar-refractivity contribution < 1.29 is 14.7 Å². The zero-order chi connectivity index (χ0) is 19.4. The number of carboxylic acids is 1. The molecule has 1 aromatic rings. The Balaban J connectivity index is 1.47. The highest BCUT2D eigenvalue weighted by molar-refractivity contribution is 5.77. The molecule has 0 saturated heterocycles. The van der Waals surface area contributed by atoms with E-state index in [4.69, 9.17) is 5.11 Å². The molecule has 5 heteroatoms. The van der Waals surface area contributed by atoms with E-state index in [1.165, 1.54) is 18.4 Å². The van der Waals surface area contributed by atoms with Gasteiger partial charge in [0.15, 0.2) is 0 Å². The van der Waals surface area contributed by atoms with Crippen molar-refractivity contribution in [1.29, 1.82) is 0 Å². The first-order valence-corrected chi connectivity index (χ1v) is 10.2. The molecule has 148 valence electrons. The van der Waals surface area contributed by atoms with Gasteiger partial charge in [0.1, 0.15) is 0 Å². The molecular weight excluding hydrogens is 340 g/mol. The number of aliphatic carboxylic acids is 1. The second kappa shape index (κ2) is 8.87. The Kier molecular flexibility index (Phi) is 6.53. The first-order chi connectivity index (χ1) is 12.9. The second-order valence-electron chi connectivity index (χ2n) is 8.62. The Morgan fingerprint density at radius 1 is 1.19 bits per heavy atom. The van der Waals surface area contributed by atoms with E-state index in [-0.39, 0.29) is 24.4 Å². The van der Waals surface area contributed by atoms with E-state index in [0.717, 1.165) is 19.4 Å². The van der Waals surface area contributed by atoms with E-state index < -0.39 is 5.97 Å². The molecule has 1 aromatic carbocycles. The standard InChI is InChI=1S/C22H32N2O3/c1-15(2)20(17-6-4-3-5-7-17)12-21(25)23-18-10-19(11-18)24(14-22(26)27)13-16-8-9-16/h3-7,15-16,18-20H,8-14H2,1-2H3,(H,23,25)(H,26,27). The molecule has 1 amide bonds. The Hall–Kier alpha value is -1.88. The molecule has 1 unspecified atom stereocenters. The van der Waals surface area contributed by atoms with Gasteiger partial charge in [-0.1, -0.05) is 44.2 Å². The van der Waals surface area contributed by atoms with Gasteiger partial charge in [-0.15, -0.1) is 0 Å². The van der Waals surface area contributed by atoms with E-state index >= 15 is 0 Å². The minimum Gasteiger partial charge on any atom is -0.480 e. The fourth-order valence-electron chi connectivity index (χ4n) is 4.08. The molecule has 27 heavy (non-hydrogen) atoms. The van der Waals surface area contributed by atoms with Gasteiger partial charge >= 0.3 is 5.97 Å². The summed E-state index contributed by atoms with van der Waals surface area (Å²) in [6.07, 6.45) is 4.68. The van der Waals surface area contributed by atoms with Gasteiger partial charge in [0.25, 0.3) is 0 Å². The molecule has 0 spiro atoms. The van der Waals surface area contributed by atoms with Crippen molar-refractivity contribution in [2.75, 3.05) is 13.1 Å². The van der Waals surface area contributed by atoms with E-state index in [0.29, 0.717) is 24.3 Å². The highest BCUT2D eigenvalue weighted by Crippen LogP contribution is 2.34. The van der Waals surface area contributed by atoms with Crippen LogP contribution in [-0.4, -0.2) is 47.1 Å². The number of carbonyl (C=O) groups is 2. The van der Waals surface area contributed by atoms with Gasteiger partial charge in [0.05, 0.1) is 6.54 Å². The monoisotopic (exact) mass is 372 g/mol. The predicted octanol–water partition coefficient (Wildman–Crippen LogP) is 3.26. The number of benzene rings is 1. The topological polar surface area (TPSA) is 69.6 Å². The van der Waals surface area contributed by atoms with Crippen LogP contribution in [0.25, 0.3) is 0 Å². The summed E-state index contributed by atoms with van der Waals surface area (Å²) in [7, 11) is 0. The summed E-state index contributed by atoms with van der Waals surface area (Å²) in [6, 6.07) is 10.7. The Morgan fingerprint density at radius 2 is 1.85 bits per heavy atom. The number of carbonyl (C=O) groups excluding carboxylic acids is 1. The third-order valence-corrected chi connectivity index (χ3v) is 5.96. The van der Waals surface area contributed by atoms with E-state index in [1.54, 1.807) is 0 Å². The van der Waals surface area contributed by atoms with E-state index in [1.807, 2.05) is 18.2 Å². The summed E-state index contributed by atoms with van der Waals surface area (Å²) >= 11 is 0. The molecule has 0 aliphatic heterocycles. The van der Waals surface area contributed by atoms with Gasteiger partial charge in [-0.3, -0.25) is 14.5 Å². The summed E-state index contributed by atoms with van der Waals surface area (Å²) in [5, 5.41) is 12.3. The highest BCUT2D eigenvalue weighted by atomic mass is 16.4. The van der Waals surface area contributed by atoms with Crippen LogP contribution in [0.4, 0.5) is 0 Å². The van der Waals surface area contributed by atoms with Crippen molar-refractivity contribution in [2.45, 2.75) is 64.0 Å². The molecule has 0 bridgehead atoms. The van der Waals surface area contributed by atoms with Gasteiger partial charge in [0, 0.05) is 25.0 Å². The SMILES string of the molecule is CC(C)C(CC(=O)NC1CC(N(CC(=O)O)CC2CC2)C1)c1ccccc1. The van der Waals surface area contributed by atoms with Crippen molar-refractivity contribution in [1.82, 2.24) is 10.2 Å². The molecule has 1 atom stereocenters. The van der Waals surface area contributed by atoms with Gasteiger partial charge in [-0.2, -0.15) is 0 Å². The predicted molar refractivity (Wildman–Crippen MR) is 106 cm³/mol. The maximum absolute atomic E-state index is 12.6. The fraction of sp³-hybridized carbons (Fsp3) is 0.636. The second-order valence-corrected chi connectivity index (χ2v) is 8.62. The Morgan fingerprint density at radius 3 is 2.41 bits per heavy atom. The van der Waals surface area contributed by atoms with Crippen molar-refractivity contribution in [3.8, 4) is 0 Å². The molecule has 2 N–H and O–H groups in total. The van der Waals surface area contributed by atoms with Crippen LogP contribution in [0.2, 0.25) is 0 Å². The molecule has 0 heterocycles. The molecule has 2 aliphatic rings. The quantitative estimate of drug-likeness (QED) is 0.661. The minimum atomic E-state index is -0.759. The smallest absolute Gasteiger partial charge is 0.317 e. The lowest BCUT2D eigenvalue weighted by Gasteiger charge is -2.43. The first-order valence-electron chi connectivity index (χ1n) is 10.2. The van der Waals surface area contributed by atoms with Gasteiger partial charge in [-0.25, -0.2) is 0 Å². The maximum Gasteiger partial charge on any atom is 0.317 e. The van der Waals surface area contributed by atoms with Crippen molar-refractivity contribution in [2.24, 2.45) is 11.8 Å². The average molecular weight is 373 g/mol. The summed E-state index contributed by atoms with van der Waals surface area (Å²) in [6.45, 7) is 5.32. The zero-order valence-electron chi connectivity index (χ0n) is 16.4. The van der Waals surface area contributed by atoms with Crippen LogP contribution < -0.4 is 5.32 Å². The van der Waals surface area contributed by atoms with Crippen LogP contribution >= 0.6 is 0 Å². The number of hydrogen-bond donors (Lipinski definition) is 2. The van der Waals surface area contributed by atoms with Gasteiger partial charge in [0.2, 0.25) is 5.91 Å². The Bertz CT molecular complexity index is 636. The normalized spacial score (nSPS) is 23.1. The van der Waals surface area contributed by atoms with E-state index in [2.05, 4.69) is 36.2 Å². The van der Waals surface area contributed by atoms with Crippen molar-refractivity contribution in [3.63, 3.8) is 0 Å². The van der Waals surface area contributed by atoms with Crippen LogP contribution in [-0.2, 0) is 9.59 Å². The summed E-state index contributed by atoms with van der Waals surface area (Å²) in [4.78, 5) is 25.8. The summed E-state index contributed by atoms with van der Waals surface area (Å²) in [5.41, 5.74) is 1.21. The van der Waals surface area contributed by atoms with Crippen molar-refractivity contribution in [3.05, 3.63) is 35.9 Å². The lowest BCUT2D eigenvalue weighted by molar-refractivity contribution is -0.140. The number of amides is 1. The third-order valence-electron chi connectivity index (χ3n) is 5.96. The highest BCUT2D eigenvalue weighted by Gasteiger charge is 2.37. The molecule has 2 fully saturated rings.